The van der Waals surface area contributed by atoms with Crippen molar-refractivity contribution in [3.05, 3.63) is 18.0 Å². The van der Waals surface area contributed by atoms with E-state index in [9.17, 15) is 0 Å². The van der Waals surface area contributed by atoms with Crippen LogP contribution in [0, 0.1) is 0 Å². The fraction of sp³-hybridized carbons (Fsp3) is 0.769. The smallest absolute Gasteiger partial charge is 0.0527 e. The molecule has 0 aromatic carbocycles. The van der Waals surface area contributed by atoms with E-state index in [4.69, 9.17) is 5.73 Å². The summed E-state index contributed by atoms with van der Waals surface area (Å²) in [5.74, 6) is 0. The summed E-state index contributed by atoms with van der Waals surface area (Å²) in [6.07, 6.45) is 5.76. The van der Waals surface area contributed by atoms with Crippen LogP contribution in [0.3, 0.4) is 0 Å². The van der Waals surface area contributed by atoms with Crippen molar-refractivity contribution in [2.24, 2.45) is 5.73 Å². The van der Waals surface area contributed by atoms with E-state index in [2.05, 4.69) is 34.6 Å². The van der Waals surface area contributed by atoms with Crippen molar-refractivity contribution in [2.45, 2.75) is 51.7 Å². The van der Waals surface area contributed by atoms with Crippen LogP contribution in [0.2, 0.25) is 0 Å². The molecule has 1 fully saturated rings. The maximum atomic E-state index is 5.86. The molecule has 0 aliphatic carbocycles. The van der Waals surface area contributed by atoms with Crippen LogP contribution >= 0.6 is 0 Å². The highest BCUT2D eigenvalue weighted by Gasteiger charge is 2.22. The maximum Gasteiger partial charge on any atom is 0.0527 e. The van der Waals surface area contributed by atoms with Gasteiger partial charge in [0.05, 0.1) is 5.69 Å². The van der Waals surface area contributed by atoms with Gasteiger partial charge in [0, 0.05) is 31.4 Å². The molecule has 4 heteroatoms. The van der Waals surface area contributed by atoms with Crippen molar-refractivity contribution in [1.82, 2.24) is 14.7 Å². The Hall–Kier alpha value is -0.870. The Kier molecular flexibility index (Phi) is 4.18. The molecule has 1 saturated heterocycles. The first-order chi connectivity index (χ1) is 8.22. The molecule has 2 N–H and O–H groups in total. The minimum atomic E-state index is 0.432. The molecule has 1 unspecified atom stereocenters. The van der Waals surface area contributed by atoms with Crippen LogP contribution in [0.4, 0.5) is 0 Å². The zero-order valence-corrected chi connectivity index (χ0v) is 11.0. The van der Waals surface area contributed by atoms with E-state index in [0.717, 1.165) is 13.1 Å². The van der Waals surface area contributed by atoms with Gasteiger partial charge in [-0.05, 0) is 39.3 Å². The van der Waals surface area contributed by atoms with Gasteiger partial charge in [0.1, 0.15) is 0 Å². The lowest BCUT2D eigenvalue weighted by molar-refractivity contribution is 0.140. The van der Waals surface area contributed by atoms with Gasteiger partial charge in [-0.3, -0.25) is 9.58 Å². The van der Waals surface area contributed by atoms with Crippen molar-refractivity contribution in [3.8, 4) is 0 Å². The molecule has 0 bridgehead atoms. The van der Waals surface area contributed by atoms with Gasteiger partial charge in [-0.25, -0.2) is 0 Å². The van der Waals surface area contributed by atoms with Crippen molar-refractivity contribution in [1.29, 1.82) is 0 Å². The molecular formula is C13H24N4. The molecule has 2 heterocycles. The lowest BCUT2D eigenvalue weighted by atomic mass is 10.0. The number of hydrogen-bond donors (Lipinski definition) is 1. The molecule has 0 saturated carbocycles. The van der Waals surface area contributed by atoms with Gasteiger partial charge in [-0.1, -0.05) is 6.42 Å². The molecule has 1 aromatic heterocycles. The Morgan fingerprint density at radius 2 is 2.29 bits per heavy atom. The molecule has 4 nitrogen and oxygen atoms in total. The Morgan fingerprint density at radius 3 is 3.00 bits per heavy atom. The van der Waals surface area contributed by atoms with Gasteiger partial charge in [-0.2, -0.15) is 5.10 Å². The quantitative estimate of drug-likeness (QED) is 0.867. The second-order valence-electron chi connectivity index (χ2n) is 5.22. The average molecular weight is 236 g/mol. The summed E-state index contributed by atoms with van der Waals surface area (Å²) in [6.45, 7) is 7.28. The van der Waals surface area contributed by atoms with E-state index in [1.807, 2.05) is 6.20 Å². The molecule has 17 heavy (non-hydrogen) atoms. The summed E-state index contributed by atoms with van der Waals surface area (Å²) in [5, 5.41) is 4.39. The van der Waals surface area contributed by atoms with Crippen LogP contribution in [-0.4, -0.2) is 33.8 Å². The first-order valence-electron chi connectivity index (χ1n) is 6.69. The predicted octanol–water partition coefficient (Wildman–Crippen LogP) is 1.78. The Bertz CT molecular complexity index is 345. The fourth-order valence-corrected chi connectivity index (χ4v) is 2.68. The molecule has 0 radical (unpaired) electrons. The van der Waals surface area contributed by atoms with Crippen LogP contribution in [-0.2, 0) is 6.54 Å². The molecule has 1 aromatic rings. The third kappa shape index (κ3) is 2.87. The zero-order valence-electron chi connectivity index (χ0n) is 11.0. The van der Waals surface area contributed by atoms with Gasteiger partial charge in [0.25, 0.3) is 0 Å². The predicted molar refractivity (Wildman–Crippen MR) is 69.7 cm³/mol. The van der Waals surface area contributed by atoms with Crippen LogP contribution in [0.25, 0.3) is 0 Å². The largest absolute Gasteiger partial charge is 0.329 e. The second kappa shape index (κ2) is 5.65. The van der Waals surface area contributed by atoms with Gasteiger partial charge in [0.15, 0.2) is 0 Å². The molecular weight excluding hydrogens is 212 g/mol. The molecule has 1 aliphatic rings. The van der Waals surface area contributed by atoms with Crippen molar-refractivity contribution in [2.75, 3.05) is 13.1 Å². The Balaban J connectivity index is 2.05. The SMILES string of the molecule is CC(C)n1nccc1CN1CCCCC1CN. The fourth-order valence-electron chi connectivity index (χ4n) is 2.68. The van der Waals surface area contributed by atoms with Crippen molar-refractivity contribution in [3.63, 3.8) is 0 Å². The third-order valence-corrected chi connectivity index (χ3v) is 3.63. The molecule has 1 atom stereocenters. The summed E-state index contributed by atoms with van der Waals surface area (Å²) >= 11 is 0. The van der Waals surface area contributed by atoms with Gasteiger partial charge >= 0.3 is 0 Å². The highest BCUT2D eigenvalue weighted by atomic mass is 15.3. The monoisotopic (exact) mass is 236 g/mol. The third-order valence-electron chi connectivity index (χ3n) is 3.63. The number of aromatic nitrogens is 2. The van der Waals surface area contributed by atoms with Gasteiger partial charge < -0.3 is 5.73 Å². The van der Waals surface area contributed by atoms with E-state index in [1.165, 1.54) is 31.5 Å². The molecule has 96 valence electrons. The highest BCUT2D eigenvalue weighted by Crippen LogP contribution is 2.19. The van der Waals surface area contributed by atoms with E-state index in [1.54, 1.807) is 0 Å². The molecule has 0 amide bonds. The molecule has 1 aliphatic heterocycles. The normalized spacial score (nSPS) is 22.2. The average Bonchev–Trinajstić information content (AvgIpc) is 2.78. The topological polar surface area (TPSA) is 47.1 Å². The van der Waals surface area contributed by atoms with Crippen LogP contribution in [0.15, 0.2) is 12.3 Å². The van der Waals surface area contributed by atoms with E-state index >= 15 is 0 Å². The van der Waals surface area contributed by atoms with Crippen molar-refractivity contribution >= 4 is 0 Å². The first-order valence-corrected chi connectivity index (χ1v) is 6.69. The minimum Gasteiger partial charge on any atom is -0.329 e. The summed E-state index contributed by atoms with van der Waals surface area (Å²) < 4.78 is 2.11. The van der Waals surface area contributed by atoms with Gasteiger partial charge in [-0.15, -0.1) is 0 Å². The second-order valence-corrected chi connectivity index (χ2v) is 5.22. The number of nitrogens with two attached hydrogens (primary N) is 1. The van der Waals surface area contributed by atoms with Gasteiger partial charge in [0.2, 0.25) is 0 Å². The van der Waals surface area contributed by atoms with E-state index < -0.39 is 0 Å². The Labute approximate surface area is 104 Å². The zero-order chi connectivity index (χ0) is 12.3. The standard InChI is InChI=1S/C13H24N4/c1-11(2)17-13(6-7-15-17)10-16-8-4-3-5-12(16)9-14/h6-7,11-12H,3-5,8-10,14H2,1-2H3. The van der Waals surface area contributed by atoms with E-state index in [-0.39, 0.29) is 0 Å². The number of piperidine rings is 1. The first kappa shape index (κ1) is 12.6. The molecule has 0 spiro atoms. The number of likely N-dealkylation sites (tertiary alicyclic amines) is 1. The number of hydrogen-bond acceptors (Lipinski definition) is 3. The minimum absolute atomic E-state index is 0.432. The number of rotatable bonds is 4. The molecule has 2 rings (SSSR count). The highest BCUT2D eigenvalue weighted by molar-refractivity contribution is 5.02. The maximum absolute atomic E-state index is 5.86. The lowest BCUT2D eigenvalue weighted by Crippen LogP contribution is -2.43. The summed E-state index contributed by atoms with van der Waals surface area (Å²) in [5.41, 5.74) is 7.16. The van der Waals surface area contributed by atoms with Crippen LogP contribution < -0.4 is 5.73 Å². The van der Waals surface area contributed by atoms with Crippen LogP contribution in [0.1, 0.15) is 44.8 Å². The number of nitrogens with zero attached hydrogens (tertiary/aromatic N) is 3. The van der Waals surface area contributed by atoms with Crippen LogP contribution in [0.5, 0.6) is 0 Å². The summed E-state index contributed by atoms with van der Waals surface area (Å²) in [6, 6.07) is 3.11. The Morgan fingerprint density at radius 1 is 1.47 bits per heavy atom. The van der Waals surface area contributed by atoms with E-state index in [0.29, 0.717) is 12.1 Å². The lowest BCUT2D eigenvalue weighted by Gasteiger charge is -2.35. The summed E-state index contributed by atoms with van der Waals surface area (Å²) in [4.78, 5) is 2.51. The van der Waals surface area contributed by atoms with Crippen molar-refractivity contribution < 1.29 is 0 Å². The summed E-state index contributed by atoms with van der Waals surface area (Å²) in [7, 11) is 0.